The summed E-state index contributed by atoms with van der Waals surface area (Å²) >= 11 is 0. The molecular formula is C20H22FN3O. The molecule has 0 aliphatic carbocycles. The van der Waals surface area contributed by atoms with Crippen LogP contribution in [0.2, 0.25) is 0 Å². The van der Waals surface area contributed by atoms with Gasteiger partial charge in [0, 0.05) is 37.3 Å². The molecule has 4 rings (SSSR count). The predicted octanol–water partition coefficient (Wildman–Crippen LogP) is 2.90. The van der Waals surface area contributed by atoms with Crippen molar-refractivity contribution in [3.8, 4) is 0 Å². The van der Waals surface area contributed by atoms with Crippen molar-refractivity contribution < 1.29 is 9.18 Å². The topological polar surface area (TPSA) is 36.4 Å². The molecule has 2 aromatic rings. The number of halogens is 1. The lowest BCUT2D eigenvalue weighted by Gasteiger charge is -2.25. The lowest BCUT2D eigenvalue weighted by atomic mass is 10.1. The average Bonchev–Trinajstić information content (AvgIpc) is 3.10. The quantitative estimate of drug-likeness (QED) is 0.859. The Morgan fingerprint density at radius 3 is 2.68 bits per heavy atom. The molecule has 2 saturated heterocycles. The highest BCUT2D eigenvalue weighted by atomic mass is 19.1. The van der Waals surface area contributed by atoms with Crippen molar-refractivity contribution in [2.45, 2.75) is 44.9 Å². The van der Waals surface area contributed by atoms with Crippen molar-refractivity contribution in [2.24, 2.45) is 0 Å². The first kappa shape index (κ1) is 16.2. The average molecular weight is 339 g/mol. The van der Waals surface area contributed by atoms with Crippen molar-refractivity contribution in [1.29, 1.82) is 0 Å². The zero-order valence-corrected chi connectivity index (χ0v) is 14.4. The third-order valence-corrected chi connectivity index (χ3v) is 5.31. The maximum Gasteiger partial charge on any atom is 0.224 e. The Morgan fingerprint density at radius 1 is 1.12 bits per heavy atom. The first-order valence-corrected chi connectivity index (χ1v) is 8.80. The second-order valence-electron chi connectivity index (χ2n) is 7.02. The number of carbonyl (C=O) groups excluding carboxylic acids is 1. The number of hydrogen-bond acceptors (Lipinski definition) is 3. The van der Waals surface area contributed by atoms with Crippen LogP contribution < -0.4 is 0 Å². The van der Waals surface area contributed by atoms with Gasteiger partial charge in [0.05, 0.1) is 12.2 Å². The Labute approximate surface area is 147 Å². The molecule has 0 unspecified atom stereocenters. The number of rotatable bonds is 4. The summed E-state index contributed by atoms with van der Waals surface area (Å²) in [6.07, 6.45) is 1.56. The Hall–Kier alpha value is -2.27. The molecule has 1 amide bonds. The van der Waals surface area contributed by atoms with Gasteiger partial charge in [-0.05, 0) is 43.2 Å². The molecule has 4 nitrogen and oxygen atoms in total. The van der Waals surface area contributed by atoms with Crippen molar-refractivity contribution in [2.75, 3.05) is 6.54 Å². The van der Waals surface area contributed by atoms with Crippen molar-refractivity contribution in [3.63, 3.8) is 0 Å². The van der Waals surface area contributed by atoms with E-state index in [4.69, 9.17) is 0 Å². The zero-order valence-electron chi connectivity index (χ0n) is 14.4. The minimum absolute atomic E-state index is 0.210. The fourth-order valence-electron chi connectivity index (χ4n) is 4.10. The molecule has 2 aliphatic rings. The standard InChI is InChI=1S/C20H22FN3O/c1-14-3-2-4-17(22-14)13-24-18-9-10-23(19(18)11-20(24)25)12-15-5-7-16(21)8-6-15/h2-8,18-19H,9-13H2,1H3/t18-,19+/m0/s1. The van der Waals surface area contributed by atoms with Crippen LogP contribution in [0.4, 0.5) is 4.39 Å². The summed E-state index contributed by atoms with van der Waals surface area (Å²) in [4.78, 5) is 21.4. The number of likely N-dealkylation sites (tertiary alicyclic amines) is 2. The highest BCUT2D eigenvalue weighted by Gasteiger charge is 2.46. The second-order valence-corrected chi connectivity index (χ2v) is 7.02. The van der Waals surface area contributed by atoms with Crippen LogP contribution in [0.25, 0.3) is 0 Å². The Balaban J connectivity index is 1.46. The molecule has 2 fully saturated rings. The van der Waals surface area contributed by atoms with Gasteiger partial charge < -0.3 is 4.90 Å². The third-order valence-electron chi connectivity index (χ3n) is 5.31. The minimum atomic E-state index is -0.212. The molecule has 2 atom stereocenters. The van der Waals surface area contributed by atoms with Crippen LogP contribution in [-0.2, 0) is 17.9 Å². The van der Waals surface area contributed by atoms with E-state index in [2.05, 4.69) is 9.88 Å². The van der Waals surface area contributed by atoms with Gasteiger partial charge in [-0.2, -0.15) is 0 Å². The molecule has 0 radical (unpaired) electrons. The van der Waals surface area contributed by atoms with E-state index in [1.807, 2.05) is 42.2 Å². The Bertz CT molecular complexity index is 777. The Morgan fingerprint density at radius 2 is 1.92 bits per heavy atom. The normalized spacial score (nSPS) is 23.3. The van der Waals surface area contributed by atoms with E-state index >= 15 is 0 Å². The molecule has 5 heteroatoms. The summed E-state index contributed by atoms with van der Waals surface area (Å²) in [7, 11) is 0. The lowest BCUT2D eigenvalue weighted by Crippen LogP contribution is -2.36. The first-order valence-electron chi connectivity index (χ1n) is 8.80. The molecule has 0 bridgehead atoms. The number of hydrogen-bond donors (Lipinski definition) is 0. The summed E-state index contributed by atoms with van der Waals surface area (Å²) in [6, 6.07) is 13.1. The highest BCUT2D eigenvalue weighted by molar-refractivity contribution is 5.80. The Kier molecular flexibility index (Phi) is 4.25. The number of pyridine rings is 1. The van der Waals surface area contributed by atoms with E-state index in [0.717, 1.165) is 36.5 Å². The van der Waals surface area contributed by atoms with E-state index in [-0.39, 0.29) is 23.8 Å². The van der Waals surface area contributed by atoms with E-state index < -0.39 is 0 Å². The van der Waals surface area contributed by atoms with Crippen LogP contribution in [0.5, 0.6) is 0 Å². The number of amides is 1. The van der Waals surface area contributed by atoms with Gasteiger partial charge in [-0.25, -0.2) is 4.39 Å². The largest absolute Gasteiger partial charge is 0.332 e. The molecule has 0 spiro atoms. The van der Waals surface area contributed by atoms with E-state index in [9.17, 15) is 9.18 Å². The van der Waals surface area contributed by atoms with Gasteiger partial charge in [0.25, 0.3) is 0 Å². The fourth-order valence-corrected chi connectivity index (χ4v) is 4.10. The SMILES string of the molecule is Cc1cccc(CN2C(=O)C[C@@H]3[C@@H]2CCN3Cc2ccc(F)cc2)n1. The number of aromatic nitrogens is 1. The molecule has 1 aromatic heterocycles. The van der Waals surface area contributed by atoms with Crippen LogP contribution in [0.3, 0.4) is 0 Å². The van der Waals surface area contributed by atoms with Gasteiger partial charge in [-0.3, -0.25) is 14.7 Å². The lowest BCUT2D eigenvalue weighted by molar-refractivity contribution is -0.129. The number of benzene rings is 1. The van der Waals surface area contributed by atoms with Gasteiger partial charge in [0.2, 0.25) is 5.91 Å². The van der Waals surface area contributed by atoms with Gasteiger partial charge in [-0.15, -0.1) is 0 Å². The molecule has 2 aliphatic heterocycles. The van der Waals surface area contributed by atoms with Crippen LogP contribution in [0.15, 0.2) is 42.5 Å². The number of aryl methyl sites for hydroxylation is 1. The van der Waals surface area contributed by atoms with Gasteiger partial charge in [0.15, 0.2) is 0 Å². The van der Waals surface area contributed by atoms with Crippen LogP contribution in [-0.4, -0.2) is 39.3 Å². The van der Waals surface area contributed by atoms with E-state index in [0.29, 0.717) is 13.0 Å². The van der Waals surface area contributed by atoms with Crippen molar-refractivity contribution in [1.82, 2.24) is 14.8 Å². The maximum absolute atomic E-state index is 13.1. The summed E-state index contributed by atoms with van der Waals surface area (Å²) in [5, 5.41) is 0. The molecular weight excluding hydrogens is 317 g/mol. The smallest absolute Gasteiger partial charge is 0.224 e. The van der Waals surface area contributed by atoms with Crippen molar-refractivity contribution >= 4 is 5.91 Å². The zero-order chi connectivity index (χ0) is 17.4. The third kappa shape index (κ3) is 3.29. The van der Waals surface area contributed by atoms with E-state index in [1.54, 1.807) is 0 Å². The number of fused-ring (bicyclic) bond motifs is 1. The van der Waals surface area contributed by atoms with Gasteiger partial charge >= 0.3 is 0 Å². The minimum Gasteiger partial charge on any atom is -0.332 e. The fraction of sp³-hybridized carbons (Fsp3) is 0.400. The van der Waals surface area contributed by atoms with Gasteiger partial charge in [-0.1, -0.05) is 18.2 Å². The summed E-state index contributed by atoms with van der Waals surface area (Å²) in [5.74, 6) is -0.00182. The summed E-state index contributed by atoms with van der Waals surface area (Å²) in [6.45, 7) is 4.30. The van der Waals surface area contributed by atoms with Crippen molar-refractivity contribution in [3.05, 3.63) is 65.2 Å². The highest BCUT2D eigenvalue weighted by Crippen LogP contribution is 2.34. The second kappa shape index (κ2) is 6.56. The molecule has 130 valence electrons. The summed E-state index contributed by atoms with van der Waals surface area (Å²) < 4.78 is 13.1. The first-order chi connectivity index (χ1) is 12.1. The molecule has 0 N–H and O–H groups in total. The molecule has 1 aromatic carbocycles. The molecule has 3 heterocycles. The number of carbonyl (C=O) groups is 1. The van der Waals surface area contributed by atoms with Crippen LogP contribution in [0.1, 0.15) is 29.8 Å². The monoisotopic (exact) mass is 339 g/mol. The number of nitrogens with zero attached hydrogens (tertiary/aromatic N) is 3. The summed E-state index contributed by atoms with van der Waals surface area (Å²) in [5.41, 5.74) is 3.02. The maximum atomic E-state index is 13.1. The molecule has 25 heavy (non-hydrogen) atoms. The van der Waals surface area contributed by atoms with E-state index in [1.165, 1.54) is 12.1 Å². The molecule has 0 saturated carbocycles. The van der Waals surface area contributed by atoms with Crippen LogP contribution >= 0.6 is 0 Å². The predicted molar refractivity (Wildman–Crippen MR) is 93.1 cm³/mol. The van der Waals surface area contributed by atoms with Crippen LogP contribution in [0, 0.1) is 12.7 Å². The van der Waals surface area contributed by atoms with Gasteiger partial charge in [0.1, 0.15) is 5.82 Å².